The Bertz CT molecular complexity index is 591. The van der Waals surface area contributed by atoms with Gasteiger partial charge < -0.3 is 11.1 Å². The summed E-state index contributed by atoms with van der Waals surface area (Å²) in [6.45, 7) is 4.44. The van der Waals surface area contributed by atoms with E-state index in [4.69, 9.17) is 5.73 Å². The lowest BCUT2D eigenvalue weighted by molar-refractivity contribution is -0.121. The van der Waals surface area contributed by atoms with Gasteiger partial charge in [0.05, 0.1) is 17.1 Å². The minimum atomic E-state index is -0.0773. The molecule has 0 aromatic carbocycles. The molecule has 2 aromatic heterocycles. The molecule has 1 amide bonds. The van der Waals surface area contributed by atoms with Gasteiger partial charge in [0.25, 0.3) is 0 Å². The normalized spacial score (nSPS) is 10.5. The van der Waals surface area contributed by atoms with Crippen molar-refractivity contribution in [2.24, 2.45) is 0 Å². The number of aromatic nitrogens is 3. The number of pyridine rings is 1. The van der Waals surface area contributed by atoms with Crippen molar-refractivity contribution in [2.75, 3.05) is 12.3 Å². The highest BCUT2D eigenvalue weighted by Crippen LogP contribution is 2.14. The Kier molecular flexibility index (Phi) is 4.34. The van der Waals surface area contributed by atoms with E-state index >= 15 is 0 Å². The third kappa shape index (κ3) is 3.34. The molecule has 20 heavy (non-hydrogen) atoms. The molecule has 0 fully saturated rings. The Labute approximate surface area is 118 Å². The second-order valence-corrected chi connectivity index (χ2v) is 4.66. The van der Waals surface area contributed by atoms with Crippen molar-refractivity contribution >= 4 is 11.6 Å². The van der Waals surface area contributed by atoms with Gasteiger partial charge >= 0.3 is 0 Å². The monoisotopic (exact) mass is 273 g/mol. The summed E-state index contributed by atoms with van der Waals surface area (Å²) < 4.78 is 1.63. The molecule has 0 bridgehead atoms. The number of nitrogen functional groups attached to an aromatic ring is 1. The molecule has 3 N–H and O–H groups in total. The summed E-state index contributed by atoms with van der Waals surface area (Å²) in [5.41, 5.74) is 9.01. The van der Waals surface area contributed by atoms with Gasteiger partial charge in [0.15, 0.2) is 0 Å². The standard InChI is InChI=1S/C14H19N5O/c1-10-14(15)11(2)19(18-10)9-13(20)17-8-6-12-5-3-4-7-16-12/h3-5,7H,6,8-9,15H2,1-2H3,(H,17,20). The van der Waals surface area contributed by atoms with E-state index in [1.54, 1.807) is 10.9 Å². The third-order valence-corrected chi connectivity index (χ3v) is 3.16. The Hall–Kier alpha value is -2.37. The predicted molar refractivity (Wildman–Crippen MR) is 77.1 cm³/mol. The zero-order valence-corrected chi connectivity index (χ0v) is 11.8. The second kappa shape index (κ2) is 6.18. The van der Waals surface area contributed by atoms with Crippen molar-refractivity contribution in [1.29, 1.82) is 0 Å². The van der Waals surface area contributed by atoms with E-state index in [9.17, 15) is 4.79 Å². The van der Waals surface area contributed by atoms with Crippen LogP contribution in [-0.4, -0.2) is 27.2 Å². The van der Waals surface area contributed by atoms with Gasteiger partial charge in [0, 0.05) is 24.9 Å². The minimum absolute atomic E-state index is 0.0773. The molecule has 0 saturated heterocycles. The van der Waals surface area contributed by atoms with Crippen molar-refractivity contribution in [3.8, 4) is 0 Å². The SMILES string of the molecule is Cc1nn(CC(=O)NCCc2ccccn2)c(C)c1N. The number of nitrogens with zero attached hydrogens (tertiary/aromatic N) is 3. The highest BCUT2D eigenvalue weighted by atomic mass is 16.2. The molecule has 2 rings (SSSR count). The van der Waals surface area contributed by atoms with Crippen molar-refractivity contribution in [2.45, 2.75) is 26.8 Å². The first kappa shape index (κ1) is 14.0. The number of carbonyl (C=O) groups is 1. The average Bonchev–Trinajstić information content (AvgIpc) is 2.67. The van der Waals surface area contributed by atoms with Gasteiger partial charge in [-0.15, -0.1) is 0 Å². The van der Waals surface area contributed by atoms with E-state index in [2.05, 4.69) is 15.4 Å². The topological polar surface area (TPSA) is 85.8 Å². The fourth-order valence-electron chi connectivity index (χ4n) is 1.93. The Morgan fingerprint density at radius 1 is 1.40 bits per heavy atom. The first-order chi connectivity index (χ1) is 9.58. The second-order valence-electron chi connectivity index (χ2n) is 4.66. The Morgan fingerprint density at radius 2 is 2.20 bits per heavy atom. The molecule has 6 nitrogen and oxygen atoms in total. The van der Waals surface area contributed by atoms with Gasteiger partial charge in [-0.25, -0.2) is 0 Å². The number of rotatable bonds is 5. The van der Waals surface area contributed by atoms with Gasteiger partial charge in [-0.3, -0.25) is 14.5 Å². The fraction of sp³-hybridized carbons (Fsp3) is 0.357. The average molecular weight is 273 g/mol. The van der Waals surface area contributed by atoms with Gasteiger partial charge in [-0.1, -0.05) is 6.07 Å². The van der Waals surface area contributed by atoms with Crippen LogP contribution in [0.25, 0.3) is 0 Å². The maximum absolute atomic E-state index is 11.8. The number of aryl methyl sites for hydroxylation is 1. The number of anilines is 1. The van der Waals surface area contributed by atoms with Crippen LogP contribution in [0.5, 0.6) is 0 Å². The molecule has 0 saturated carbocycles. The first-order valence-corrected chi connectivity index (χ1v) is 6.54. The molecule has 106 valence electrons. The minimum Gasteiger partial charge on any atom is -0.396 e. The number of nitrogens with one attached hydrogen (secondary N) is 1. The molecule has 2 aromatic rings. The summed E-state index contributed by atoms with van der Waals surface area (Å²) >= 11 is 0. The van der Waals surface area contributed by atoms with Crippen LogP contribution in [0.15, 0.2) is 24.4 Å². The maximum Gasteiger partial charge on any atom is 0.241 e. The highest BCUT2D eigenvalue weighted by Gasteiger charge is 2.11. The van der Waals surface area contributed by atoms with E-state index in [-0.39, 0.29) is 12.5 Å². The van der Waals surface area contributed by atoms with Crippen LogP contribution in [0.3, 0.4) is 0 Å². The summed E-state index contributed by atoms with van der Waals surface area (Å²) in [6.07, 6.45) is 2.46. The van der Waals surface area contributed by atoms with Gasteiger partial charge in [-0.05, 0) is 26.0 Å². The molecule has 0 aliphatic carbocycles. The molecule has 0 spiro atoms. The van der Waals surface area contributed by atoms with Gasteiger partial charge in [0.2, 0.25) is 5.91 Å². The molecule has 0 unspecified atom stereocenters. The Morgan fingerprint density at radius 3 is 2.80 bits per heavy atom. The largest absolute Gasteiger partial charge is 0.396 e. The maximum atomic E-state index is 11.8. The number of hydrogen-bond donors (Lipinski definition) is 2. The Balaban J connectivity index is 1.82. The van der Waals surface area contributed by atoms with Crippen LogP contribution in [-0.2, 0) is 17.8 Å². The number of amides is 1. The van der Waals surface area contributed by atoms with Crippen molar-refractivity contribution in [1.82, 2.24) is 20.1 Å². The van der Waals surface area contributed by atoms with Crippen LogP contribution in [0.2, 0.25) is 0 Å². The van der Waals surface area contributed by atoms with Crippen LogP contribution < -0.4 is 11.1 Å². The van der Waals surface area contributed by atoms with E-state index in [1.165, 1.54) is 0 Å². The van der Waals surface area contributed by atoms with Gasteiger partial charge in [-0.2, -0.15) is 5.10 Å². The fourth-order valence-corrected chi connectivity index (χ4v) is 1.93. The summed E-state index contributed by atoms with van der Waals surface area (Å²) in [7, 11) is 0. The number of hydrogen-bond acceptors (Lipinski definition) is 4. The highest BCUT2D eigenvalue weighted by molar-refractivity contribution is 5.75. The molecule has 2 heterocycles. The van der Waals surface area contributed by atoms with E-state index in [1.807, 2.05) is 32.0 Å². The molecule has 6 heteroatoms. The van der Waals surface area contributed by atoms with Crippen LogP contribution >= 0.6 is 0 Å². The molecule has 0 aliphatic rings. The van der Waals surface area contributed by atoms with Crippen LogP contribution in [0, 0.1) is 13.8 Å². The lowest BCUT2D eigenvalue weighted by atomic mass is 10.3. The molecule has 0 aliphatic heterocycles. The molecular weight excluding hydrogens is 254 g/mol. The van der Waals surface area contributed by atoms with Gasteiger partial charge in [0.1, 0.15) is 6.54 Å². The van der Waals surface area contributed by atoms with Crippen molar-refractivity contribution in [3.05, 3.63) is 41.5 Å². The molecular formula is C14H19N5O. The lowest BCUT2D eigenvalue weighted by Crippen LogP contribution is -2.30. The summed E-state index contributed by atoms with van der Waals surface area (Å²) in [5.74, 6) is -0.0773. The zero-order valence-electron chi connectivity index (χ0n) is 11.8. The predicted octanol–water partition coefficient (Wildman–Crippen LogP) is 0.836. The van der Waals surface area contributed by atoms with E-state index < -0.39 is 0 Å². The number of nitrogens with two attached hydrogens (primary N) is 1. The lowest BCUT2D eigenvalue weighted by Gasteiger charge is -2.06. The van der Waals surface area contributed by atoms with E-state index in [0.29, 0.717) is 18.7 Å². The quantitative estimate of drug-likeness (QED) is 0.845. The first-order valence-electron chi connectivity index (χ1n) is 6.54. The number of carbonyl (C=O) groups excluding carboxylic acids is 1. The summed E-state index contributed by atoms with van der Waals surface area (Å²) in [5, 5.41) is 7.09. The third-order valence-electron chi connectivity index (χ3n) is 3.16. The summed E-state index contributed by atoms with van der Waals surface area (Å²) in [6, 6.07) is 5.74. The molecule has 0 radical (unpaired) electrons. The van der Waals surface area contributed by atoms with Crippen molar-refractivity contribution in [3.63, 3.8) is 0 Å². The van der Waals surface area contributed by atoms with Crippen LogP contribution in [0.1, 0.15) is 17.1 Å². The van der Waals surface area contributed by atoms with Crippen LogP contribution in [0.4, 0.5) is 5.69 Å². The molecule has 0 atom stereocenters. The smallest absolute Gasteiger partial charge is 0.241 e. The van der Waals surface area contributed by atoms with E-state index in [0.717, 1.165) is 17.1 Å². The zero-order chi connectivity index (χ0) is 14.5. The summed E-state index contributed by atoms with van der Waals surface area (Å²) in [4.78, 5) is 16.0. The van der Waals surface area contributed by atoms with Crippen molar-refractivity contribution < 1.29 is 4.79 Å².